The fourth-order valence-electron chi connectivity index (χ4n) is 1.72. The third-order valence-electron chi connectivity index (χ3n) is 2.82. The topological polar surface area (TPSA) is 59.6 Å². The van der Waals surface area contributed by atoms with Crippen molar-refractivity contribution < 1.29 is 14.3 Å². The smallest absolute Gasteiger partial charge is 0.257 e. The van der Waals surface area contributed by atoms with Crippen molar-refractivity contribution in [1.82, 2.24) is 10.6 Å². The number of carbonyl (C=O) groups is 1. The van der Waals surface area contributed by atoms with Crippen LogP contribution in [0.1, 0.15) is 12.5 Å². The largest absolute Gasteiger partial charge is 0.483 e. The van der Waals surface area contributed by atoms with Crippen molar-refractivity contribution in [2.45, 2.75) is 13.3 Å². The van der Waals surface area contributed by atoms with Crippen molar-refractivity contribution in [3.05, 3.63) is 29.8 Å². The van der Waals surface area contributed by atoms with Gasteiger partial charge in [-0.1, -0.05) is 25.1 Å². The summed E-state index contributed by atoms with van der Waals surface area (Å²) in [5.74, 6) is 0.674. The second-order valence-electron chi connectivity index (χ2n) is 4.34. The molecule has 0 bridgehead atoms. The molecule has 0 aliphatic rings. The van der Waals surface area contributed by atoms with Crippen molar-refractivity contribution in [1.29, 1.82) is 0 Å². The molecule has 0 saturated carbocycles. The van der Waals surface area contributed by atoms with Gasteiger partial charge in [-0.15, -0.1) is 12.4 Å². The number of carbonyl (C=O) groups excluding carboxylic acids is 1. The van der Waals surface area contributed by atoms with Gasteiger partial charge in [0.2, 0.25) is 0 Å². The predicted molar refractivity (Wildman–Crippen MR) is 86.3 cm³/mol. The first-order valence-electron chi connectivity index (χ1n) is 6.95. The summed E-state index contributed by atoms with van der Waals surface area (Å²) in [7, 11) is 1.66. The highest BCUT2D eigenvalue weighted by molar-refractivity contribution is 5.85. The maximum Gasteiger partial charge on any atom is 0.257 e. The van der Waals surface area contributed by atoms with Gasteiger partial charge in [0.25, 0.3) is 5.91 Å². The average Bonchev–Trinajstić information content (AvgIpc) is 2.49. The van der Waals surface area contributed by atoms with Crippen LogP contribution in [-0.2, 0) is 16.0 Å². The number of benzene rings is 1. The van der Waals surface area contributed by atoms with Crippen LogP contribution >= 0.6 is 12.4 Å². The lowest BCUT2D eigenvalue weighted by Gasteiger charge is -2.10. The summed E-state index contributed by atoms with van der Waals surface area (Å²) in [6.45, 7) is 4.88. The molecular formula is C15H25ClN2O3. The summed E-state index contributed by atoms with van der Waals surface area (Å²) in [6.07, 6.45) is 0.890. The second-order valence-corrected chi connectivity index (χ2v) is 4.34. The molecule has 0 unspecified atom stereocenters. The van der Waals surface area contributed by atoms with Crippen LogP contribution in [0.15, 0.2) is 24.3 Å². The van der Waals surface area contributed by atoms with Gasteiger partial charge in [0.05, 0.1) is 6.61 Å². The van der Waals surface area contributed by atoms with E-state index >= 15 is 0 Å². The van der Waals surface area contributed by atoms with E-state index in [9.17, 15) is 4.79 Å². The normalized spacial score (nSPS) is 9.81. The number of ether oxygens (including phenoxy) is 2. The van der Waals surface area contributed by atoms with Crippen LogP contribution in [0.4, 0.5) is 0 Å². The Bertz CT molecular complexity index is 402. The highest BCUT2D eigenvalue weighted by atomic mass is 35.5. The zero-order valence-electron chi connectivity index (χ0n) is 12.7. The molecule has 0 aliphatic heterocycles. The third-order valence-corrected chi connectivity index (χ3v) is 2.82. The van der Waals surface area contributed by atoms with Crippen molar-refractivity contribution in [2.75, 3.05) is 40.0 Å². The van der Waals surface area contributed by atoms with E-state index in [1.807, 2.05) is 24.3 Å². The summed E-state index contributed by atoms with van der Waals surface area (Å²) < 4.78 is 10.4. The molecule has 0 aliphatic carbocycles. The number of methoxy groups -OCH3 is 1. The number of amides is 1. The highest BCUT2D eigenvalue weighted by Crippen LogP contribution is 2.17. The van der Waals surface area contributed by atoms with Gasteiger partial charge in [0.1, 0.15) is 5.75 Å². The van der Waals surface area contributed by atoms with E-state index in [2.05, 4.69) is 17.6 Å². The minimum absolute atomic E-state index is 0. The summed E-state index contributed by atoms with van der Waals surface area (Å²) in [5.41, 5.74) is 1.11. The molecule has 1 rings (SSSR count). The maximum atomic E-state index is 11.6. The third kappa shape index (κ3) is 8.55. The molecule has 120 valence electrons. The lowest BCUT2D eigenvalue weighted by Crippen LogP contribution is -2.35. The van der Waals surface area contributed by atoms with E-state index in [1.54, 1.807) is 7.11 Å². The van der Waals surface area contributed by atoms with Crippen LogP contribution in [0.5, 0.6) is 5.75 Å². The van der Waals surface area contributed by atoms with Gasteiger partial charge in [-0.3, -0.25) is 4.79 Å². The molecule has 1 amide bonds. The molecule has 0 fully saturated rings. The van der Waals surface area contributed by atoms with Gasteiger partial charge in [-0.05, 0) is 18.1 Å². The van der Waals surface area contributed by atoms with Crippen LogP contribution in [0.3, 0.4) is 0 Å². The number of rotatable bonds is 10. The summed E-state index contributed by atoms with van der Waals surface area (Å²) >= 11 is 0. The highest BCUT2D eigenvalue weighted by Gasteiger charge is 2.04. The van der Waals surface area contributed by atoms with Crippen molar-refractivity contribution in [3.8, 4) is 5.75 Å². The molecule has 1 aromatic rings. The first-order valence-corrected chi connectivity index (χ1v) is 6.95. The first kappa shape index (κ1) is 19.7. The molecule has 5 nitrogen and oxygen atoms in total. The average molecular weight is 317 g/mol. The van der Waals surface area contributed by atoms with E-state index in [0.717, 1.165) is 30.8 Å². The Morgan fingerprint density at radius 2 is 1.95 bits per heavy atom. The van der Waals surface area contributed by atoms with Crippen molar-refractivity contribution in [2.24, 2.45) is 0 Å². The lowest BCUT2D eigenvalue weighted by molar-refractivity contribution is -0.123. The minimum atomic E-state index is -0.107. The number of hydrogen-bond donors (Lipinski definition) is 2. The Hall–Kier alpha value is -1.30. The molecule has 0 spiro atoms. The number of halogens is 1. The standard InChI is InChI=1S/C15H24N2O3.ClH/c1-3-13-6-4-5-7-14(13)20-12-15(18)17-9-8-16-10-11-19-2;/h4-7,16H,3,8-12H2,1-2H3,(H,17,18);1H. The summed E-state index contributed by atoms with van der Waals surface area (Å²) in [6, 6.07) is 7.77. The SMILES string of the molecule is CCc1ccccc1OCC(=O)NCCNCCOC.Cl. The van der Waals surface area contributed by atoms with Crippen LogP contribution in [0.25, 0.3) is 0 Å². The second kappa shape index (κ2) is 12.4. The van der Waals surface area contributed by atoms with Gasteiger partial charge in [0.15, 0.2) is 6.61 Å². The van der Waals surface area contributed by atoms with Crippen LogP contribution in [-0.4, -0.2) is 45.9 Å². The monoisotopic (exact) mass is 316 g/mol. The van der Waals surface area contributed by atoms with Crippen LogP contribution in [0.2, 0.25) is 0 Å². The Labute approximate surface area is 132 Å². The van der Waals surface area contributed by atoms with Gasteiger partial charge >= 0.3 is 0 Å². The number of nitrogens with one attached hydrogen (secondary N) is 2. The molecule has 1 aromatic carbocycles. The lowest BCUT2D eigenvalue weighted by atomic mass is 10.1. The Morgan fingerprint density at radius 3 is 2.67 bits per heavy atom. The number of hydrogen-bond acceptors (Lipinski definition) is 4. The van der Waals surface area contributed by atoms with E-state index in [0.29, 0.717) is 13.2 Å². The molecule has 6 heteroatoms. The summed E-state index contributed by atoms with van der Waals surface area (Å²) in [5, 5.41) is 5.95. The van der Waals surface area contributed by atoms with Crippen LogP contribution in [0, 0.1) is 0 Å². The van der Waals surface area contributed by atoms with Crippen molar-refractivity contribution in [3.63, 3.8) is 0 Å². The molecular weight excluding hydrogens is 292 g/mol. The summed E-state index contributed by atoms with van der Waals surface area (Å²) in [4.78, 5) is 11.6. The van der Waals surface area contributed by atoms with Gasteiger partial charge in [0, 0.05) is 26.7 Å². The van der Waals surface area contributed by atoms with Crippen molar-refractivity contribution >= 4 is 18.3 Å². The van der Waals surface area contributed by atoms with Gasteiger partial charge in [-0.2, -0.15) is 0 Å². The molecule has 0 radical (unpaired) electrons. The predicted octanol–water partition coefficient (Wildman–Crippen LogP) is 1.40. The Balaban J connectivity index is 0.00000400. The molecule has 0 atom stereocenters. The Morgan fingerprint density at radius 1 is 1.19 bits per heavy atom. The zero-order chi connectivity index (χ0) is 14.6. The molecule has 2 N–H and O–H groups in total. The van der Waals surface area contributed by atoms with Gasteiger partial charge < -0.3 is 20.1 Å². The Kier molecular flexibility index (Phi) is 11.7. The quantitative estimate of drug-likeness (QED) is 0.641. The molecule has 0 saturated heterocycles. The fraction of sp³-hybridized carbons (Fsp3) is 0.533. The fourth-order valence-corrected chi connectivity index (χ4v) is 1.72. The maximum absolute atomic E-state index is 11.6. The van der Waals surface area contributed by atoms with E-state index < -0.39 is 0 Å². The van der Waals surface area contributed by atoms with Gasteiger partial charge in [-0.25, -0.2) is 0 Å². The minimum Gasteiger partial charge on any atom is -0.483 e. The number of para-hydroxylation sites is 1. The molecule has 0 heterocycles. The van der Waals surface area contributed by atoms with E-state index in [4.69, 9.17) is 9.47 Å². The number of aryl methyl sites for hydroxylation is 1. The van der Waals surface area contributed by atoms with E-state index in [1.165, 1.54) is 0 Å². The van der Waals surface area contributed by atoms with E-state index in [-0.39, 0.29) is 24.9 Å². The first-order chi connectivity index (χ1) is 9.77. The molecule has 0 aromatic heterocycles. The molecule has 21 heavy (non-hydrogen) atoms. The van der Waals surface area contributed by atoms with Crippen LogP contribution < -0.4 is 15.4 Å². The zero-order valence-corrected chi connectivity index (χ0v) is 13.5.